The van der Waals surface area contributed by atoms with Crippen LogP contribution in [0.1, 0.15) is 47.4 Å². The molecule has 1 aromatic carbocycles. The molecular formula is C20H25N5O2. The minimum absolute atomic E-state index is 0.0182. The van der Waals surface area contributed by atoms with Gasteiger partial charge in [0.15, 0.2) is 11.6 Å². The number of amides is 2. The molecule has 1 unspecified atom stereocenters. The van der Waals surface area contributed by atoms with Crippen molar-refractivity contribution in [1.82, 2.24) is 14.9 Å². The molecule has 0 saturated carbocycles. The van der Waals surface area contributed by atoms with Gasteiger partial charge in [-0.05, 0) is 51.7 Å². The highest BCUT2D eigenvalue weighted by Gasteiger charge is 2.53. The lowest BCUT2D eigenvalue weighted by Gasteiger charge is -2.44. The molecule has 27 heavy (non-hydrogen) atoms. The van der Waals surface area contributed by atoms with Crippen molar-refractivity contribution in [2.75, 3.05) is 23.7 Å². The number of nitrogens with zero attached hydrogens (tertiary/aromatic N) is 3. The zero-order valence-corrected chi connectivity index (χ0v) is 15.8. The number of piperidine rings is 1. The predicted molar refractivity (Wildman–Crippen MR) is 104 cm³/mol. The Hall–Kier alpha value is -2.83. The molecule has 2 aliphatic rings. The van der Waals surface area contributed by atoms with Crippen LogP contribution in [0, 0.1) is 13.8 Å². The third-order valence-electron chi connectivity index (χ3n) is 5.80. The molecule has 3 heterocycles. The number of carbonyl (C=O) groups is 2. The van der Waals surface area contributed by atoms with Crippen molar-refractivity contribution < 1.29 is 9.59 Å². The smallest absolute Gasteiger partial charge is 0.275 e. The molecule has 2 aromatic rings. The summed E-state index contributed by atoms with van der Waals surface area (Å²) < 4.78 is 0. The van der Waals surface area contributed by atoms with E-state index in [1.54, 1.807) is 11.8 Å². The quantitative estimate of drug-likeness (QED) is 0.852. The van der Waals surface area contributed by atoms with E-state index < -0.39 is 5.54 Å². The molecule has 7 heteroatoms. The summed E-state index contributed by atoms with van der Waals surface area (Å²) in [6.07, 6.45) is 3.07. The molecule has 1 atom stereocenters. The fourth-order valence-electron chi connectivity index (χ4n) is 4.44. The Kier molecular flexibility index (Phi) is 4.17. The Balaban J connectivity index is 1.67. The first-order chi connectivity index (χ1) is 12.9. The van der Waals surface area contributed by atoms with Crippen molar-refractivity contribution in [3.05, 3.63) is 41.2 Å². The number of likely N-dealkylation sites (tertiary alicyclic amines) is 1. The molecule has 0 bridgehead atoms. The minimum Gasteiger partial charge on any atom is -0.369 e. The molecule has 7 nitrogen and oxygen atoms in total. The number of hydrogen-bond donors (Lipinski definition) is 2. The summed E-state index contributed by atoms with van der Waals surface area (Å²) >= 11 is 0. The fourth-order valence-corrected chi connectivity index (χ4v) is 4.44. The molecule has 1 aromatic heterocycles. The molecule has 0 radical (unpaired) electrons. The first-order valence-electron chi connectivity index (χ1n) is 9.45. The summed E-state index contributed by atoms with van der Waals surface area (Å²) in [7, 11) is 0. The average molecular weight is 367 g/mol. The maximum atomic E-state index is 13.6. The highest BCUT2D eigenvalue weighted by Crippen LogP contribution is 2.40. The molecule has 142 valence electrons. The monoisotopic (exact) mass is 367 g/mol. The number of aryl methyl sites for hydroxylation is 2. The van der Waals surface area contributed by atoms with Crippen LogP contribution in [0.15, 0.2) is 24.3 Å². The number of nitrogen functional groups attached to an aromatic ring is 1. The summed E-state index contributed by atoms with van der Waals surface area (Å²) in [6.45, 7) is 5.05. The lowest BCUT2D eigenvalue weighted by Crippen LogP contribution is -2.61. The molecular weight excluding hydrogens is 342 g/mol. The number of imidazole rings is 1. The Morgan fingerprint density at radius 3 is 2.44 bits per heavy atom. The van der Waals surface area contributed by atoms with Crippen molar-refractivity contribution in [2.24, 2.45) is 0 Å². The van der Waals surface area contributed by atoms with Gasteiger partial charge in [-0.15, -0.1) is 0 Å². The van der Waals surface area contributed by atoms with Crippen LogP contribution in [0.25, 0.3) is 0 Å². The summed E-state index contributed by atoms with van der Waals surface area (Å²) in [5.74, 6) is 0.0296. The average Bonchev–Trinajstić information content (AvgIpc) is 3.21. The normalized spacial score (nSPS) is 22.7. The lowest BCUT2D eigenvalue weighted by molar-refractivity contribution is -0.130. The predicted octanol–water partition coefficient (Wildman–Crippen LogP) is 2.41. The topological polar surface area (TPSA) is 95.3 Å². The second kappa shape index (κ2) is 6.40. The van der Waals surface area contributed by atoms with Gasteiger partial charge in [0.25, 0.3) is 11.8 Å². The number of anilines is 2. The highest BCUT2D eigenvalue weighted by molar-refractivity contribution is 6.05. The number of carbonyl (C=O) groups excluding carboxylic acids is 2. The van der Waals surface area contributed by atoms with Crippen molar-refractivity contribution >= 4 is 23.5 Å². The zero-order valence-electron chi connectivity index (χ0n) is 15.8. The largest absolute Gasteiger partial charge is 0.369 e. The summed E-state index contributed by atoms with van der Waals surface area (Å²) in [5.41, 5.74) is 7.93. The molecule has 4 rings (SSSR count). The maximum Gasteiger partial charge on any atom is 0.275 e. The van der Waals surface area contributed by atoms with E-state index in [1.165, 1.54) is 0 Å². The lowest BCUT2D eigenvalue weighted by atomic mass is 9.84. The van der Waals surface area contributed by atoms with Gasteiger partial charge in [0, 0.05) is 24.5 Å². The number of nitrogens with two attached hydrogens (primary N) is 1. The number of aromatic nitrogens is 2. The first-order valence-corrected chi connectivity index (χ1v) is 9.45. The van der Waals surface area contributed by atoms with Crippen LogP contribution < -0.4 is 10.6 Å². The van der Waals surface area contributed by atoms with E-state index in [0.29, 0.717) is 37.3 Å². The van der Waals surface area contributed by atoms with Crippen LogP contribution in [-0.4, -0.2) is 45.3 Å². The summed E-state index contributed by atoms with van der Waals surface area (Å²) in [5, 5.41) is 0. The molecule has 3 N–H and O–H groups in total. The van der Waals surface area contributed by atoms with Crippen molar-refractivity contribution in [1.29, 1.82) is 0 Å². The Morgan fingerprint density at radius 2 is 1.81 bits per heavy atom. The number of benzene rings is 1. The van der Waals surface area contributed by atoms with Gasteiger partial charge < -0.3 is 20.5 Å². The summed E-state index contributed by atoms with van der Waals surface area (Å²) in [6, 6.07) is 7.98. The van der Waals surface area contributed by atoms with Gasteiger partial charge in [-0.3, -0.25) is 9.59 Å². The number of rotatable bonds is 2. The fraction of sp³-hybridized carbons (Fsp3) is 0.450. The van der Waals surface area contributed by atoms with Gasteiger partial charge in [0.05, 0.1) is 0 Å². The first kappa shape index (κ1) is 17.6. The van der Waals surface area contributed by atoms with E-state index in [2.05, 4.69) is 9.97 Å². The van der Waals surface area contributed by atoms with Crippen LogP contribution in [0.2, 0.25) is 0 Å². The molecule has 2 amide bonds. The molecule has 2 aliphatic heterocycles. The van der Waals surface area contributed by atoms with E-state index in [1.807, 2.05) is 36.1 Å². The molecule has 2 saturated heterocycles. The number of hydrogen-bond acceptors (Lipinski definition) is 4. The third kappa shape index (κ3) is 2.78. The van der Waals surface area contributed by atoms with Crippen LogP contribution in [-0.2, 0) is 4.79 Å². The maximum absolute atomic E-state index is 13.6. The number of H-pyrrole nitrogens is 1. The van der Waals surface area contributed by atoms with E-state index in [9.17, 15) is 9.59 Å². The van der Waals surface area contributed by atoms with Crippen molar-refractivity contribution in [3.8, 4) is 0 Å². The Bertz CT molecular complexity index is 888. The van der Waals surface area contributed by atoms with Gasteiger partial charge in [-0.1, -0.05) is 17.7 Å². The van der Waals surface area contributed by atoms with Gasteiger partial charge in [-0.2, -0.15) is 0 Å². The van der Waals surface area contributed by atoms with E-state index in [0.717, 1.165) is 24.1 Å². The third-order valence-corrected chi connectivity index (χ3v) is 5.80. The molecule has 2 fully saturated rings. The van der Waals surface area contributed by atoms with Crippen LogP contribution >= 0.6 is 0 Å². The molecule has 1 spiro atoms. The van der Waals surface area contributed by atoms with Crippen molar-refractivity contribution in [2.45, 2.75) is 45.1 Å². The highest BCUT2D eigenvalue weighted by atomic mass is 16.2. The van der Waals surface area contributed by atoms with Crippen molar-refractivity contribution in [3.63, 3.8) is 0 Å². The van der Waals surface area contributed by atoms with Gasteiger partial charge in [-0.25, -0.2) is 4.98 Å². The van der Waals surface area contributed by atoms with E-state index in [4.69, 9.17) is 5.73 Å². The summed E-state index contributed by atoms with van der Waals surface area (Å²) in [4.78, 5) is 37.4. The van der Waals surface area contributed by atoms with E-state index in [-0.39, 0.29) is 17.8 Å². The van der Waals surface area contributed by atoms with Crippen LogP contribution in [0.5, 0.6) is 0 Å². The Labute approximate surface area is 158 Å². The minimum atomic E-state index is -0.777. The standard InChI is InChI=1S/C20H25N5O2/c1-13-5-7-15(8-6-13)24-11-3-9-20(18(24)27)10-4-12-25(20)17(26)16-14(2)22-19(21)23-16/h5-8H,3-4,9-12H2,1-2H3,(H3,21,22,23). The second-order valence-corrected chi connectivity index (χ2v) is 7.58. The SMILES string of the molecule is Cc1ccc(N2CCCC3(CCCN3C(=O)c3nc(N)[nH]c3C)C2=O)cc1. The Morgan fingerprint density at radius 1 is 1.15 bits per heavy atom. The van der Waals surface area contributed by atoms with Crippen LogP contribution in [0.3, 0.4) is 0 Å². The van der Waals surface area contributed by atoms with E-state index >= 15 is 0 Å². The molecule has 0 aliphatic carbocycles. The number of nitrogens with one attached hydrogen (secondary N) is 1. The van der Waals surface area contributed by atoms with Crippen LogP contribution in [0.4, 0.5) is 11.6 Å². The second-order valence-electron chi connectivity index (χ2n) is 7.58. The zero-order chi connectivity index (χ0) is 19.2. The van der Waals surface area contributed by atoms with Gasteiger partial charge in [0.2, 0.25) is 0 Å². The van der Waals surface area contributed by atoms with Gasteiger partial charge >= 0.3 is 0 Å². The van der Waals surface area contributed by atoms with Gasteiger partial charge in [0.1, 0.15) is 5.54 Å². The number of aromatic amines is 1.